The lowest BCUT2D eigenvalue weighted by Gasteiger charge is -1.83. The van der Waals surface area contributed by atoms with Crippen LogP contribution >= 0.6 is 11.3 Å². The normalized spacial score (nSPS) is 13.0. The topological polar surface area (TPSA) is 0 Å². The second kappa shape index (κ2) is 4.45. The molecule has 0 bridgehead atoms. The van der Waals surface area contributed by atoms with Gasteiger partial charge >= 0.3 is 0 Å². The van der Waals surface area contributed by atoms with Gasteiger partial charge in [0, 0.05) is 9.23 Å². The smallest absolute Gasteiger partial charge is 0.0355 e. The monoisotopic (exact) mass is 214 g/mol. The van der Waals surface area contributed by atoms with Crippen molar-refractivity contribution in [1.29, 1.82) is 0 Å². The first kappa shape index (κ1) is 10.2. The van der Waals surface area contributed by atoms with E-state index in [1.54, 1.807) is 0 Å². The van der Waals surface area contributed by atoms with Crippen LogP contribution in [0.2, 0.25) is 0 Å². The van der Waals surface area contributed by atoms with Crippen molar-refractivity contribution in [3.8, 4) is 0 Å². The van der Waals surface area contributed by atoms with Gasteiger partial charge in [0.2, 0.25) is 0 Å². The molecule has 1 aromatic carbocycles. The van der Waals surface area contributed by atoms with Gasteiger partial charge in [-0.25, -0.2) is 0 Å². The van der Waals surface area contributed by atoms with E-state index in [2.05, 4.69) is 49.1 Å². The highest BCUT2D eigenvalue weighted by atomic mass is 32.1. The quantitative estimate of drug-likeness (QED) is 0.674. The summed E-state index contributed by atoms with van der Waals surface area (Å²) in [7, 11) is 0. The zero-order valence-corrected chi connectivity index (χ0v) is 9.68. The summed E-state index contributed by atoms with van der Waals surface area (Å²) in [6.07, 6.45) is 7.47. The van der Waals surface area contributed by atoms with Crippen LogP contribution in [0.1, 0.15) is 13.3 Å². The van der Waals surface area contributed by atoms with E-state index < -0.39 is 0 Å². The first-order valence-corrected chi connectivity index (χ1v) is 5.92. The van der Waals surface area contributed by atoms with Crippen molar-refractivity contribution in [2.75, 3.05) is 0 Å². The summed E-state index contributed by atoms with van der Waals surface area (Å²) < 4.78 is 2.63. The van der Waals surface area contributed by atoms with Crippen LogP contribution < -0.4 is 9.75 Å². The van der Waals surface area contributed by atoms with E-state index in [4.69, 9.17) is 0 Å². The molecule has 2 rings (SSSR count). The van der Waals surface area contributed by atoms with Crippen LogP contribution in [0, 0.1) is 0 Å². The van der Waals surface area contributed by atoms with Gasteiger partial charge in [-0.05, 0) is 30.0 Å². The molecular formula is C14H14S. The zero-order valence-electron chi connectivity index (χ0n) is 8.86. The second-order valence-corrected chi connectivity index (χ2v) is 4.53. The molecule has 0 spiro atoms. The van der Waals surface area contributed by atoms with Gasteiger partial charge in [0.05, 0.1) is 0 Å². The van der Waals surface area contributed by atoms with Crippen LogP contribution in [0.25, 0.3) is 22.7 Å². The average Bonchev–Trinajstić information content (AvgIpc) is 2.57. The SMILES string of the molecule is C=c1c(=CCC=CC)sc2ccccc12. The number of fused-ring (bicyclic) bond motifs is 1. The number of allylic oxidation sites excluding steroid dienone is 2. The minimum Gasteiger partial charge on any atom is -0.136 e. The second-order valence-electron chi connectivity index (χ2n) is 3.45. The highest BCUT2D eigenvalue weighted by Gasteiger charge is 1.96. The summed E-state index contributed by atoms with van der Waals surface area (Å²) in [6.45, 7) is 6.19. The van der Waals surface area contributed by atoms with E-state index in [1.807, 2.05) is 18.3 Å². The molecule has 0 radical (unpaired) electrons. The molecule has 15 heavy (non-hydrogen) atoms. The Bertz CT molecular complexity index is 587. The molecular weight excluding hydrogens is 200 g/mol. The molecule has 0 atom stereocenters. The van der Waals surface area contributed by atoms with Gasteiger partial charge in [-0.3, -0.25) is 0 Å². The first-order valence-electron chi connectivity index (χ1n) is 5.11. The third-order valence-electron chi connectivity index (χ3n) is 2.40. The summed E-state index contributed by atoms with van der Waals surface area (Å²) in [5.41, 5.74) is 0. The first-order chi connectivity index (χ1) is 7.33. The highest BCUT2D eigenvalue weighted by Crippen LogP contribution is 2.11. The predicted molar refractivity (Wildman–Crippen MR) is 70.5 cm³/mol. The van der Waals surface area contributed by atoms with Gasteiger partial charge in [-0.15, -0.1) is 11.3 Å². The maximum Gasteiger partial charge on any atom is 0.0355 e. The van der Waals surface area contributed by atoms with Gasteiger partial charge < -0.3 is 0 Å². The summed E-state index contributed by atoms with van der Waals surface area (Å²) >= 11 is 1.82. The Kier molecular flexibility index (Phi) is 3.02. The van der Waals surface area contributed by atoms with E-state index in [0.29, 0.717) is 0 Å². The van der Waals surface area contributed by atoms with Crippen molar-refractivity contribution < 1.29 is 0 Å². The summed E-state index contributed by atoms with van der Waals surface area (Å²) in [4.78, 5) is 0. The lowest BCUT2D eigenvalue weighted by Crippen LogP contribution is -2.15. The molecule has 0 unspecified atom stereocenters. The third kappa shape index (κ3) is 2.02. The molecule has 1 heterocycles. The standard InChI is InChI=1S/C14H14S/c1-3-4-5-9-13-11(2)12-8-6-7-10-14(12)15-13/h3-4,6-10H,2,5H2,1H3. The van der Waals surface area contributed by atoms with E-state index >= 15 is 0 Å². The van der Waals surface area contributed by atoms with E-state index in [-0.39, 0.29) is 0 Å². The number of hydrogen-bond acceptors (Lipinski definition) is 1. The van der Waals surface area contributed by atoms with Crippen LogP contribution in [0.3, 0.4) is 0 Å². The van der Waals surface area contributed by atoms with Crippen LogP contribution in [-0.4, -0.2) is 0 Å². The zero-order chi connectivity index (χ0) is 10.7. The lowest BCUT2D eigenvalue weighted by atomic mass is 10.2. The van der Waals surface area contributed by atoms with E-state index in [9.17, 15) is 0 Å². The van der Waals surface area contributed by atoms with Crippen molar-refractivity contribution in [3.63, 3.8) is 0 Å². The Morgan fingerprint density at radius 2 is 2.13 bits per heavy atom. The Morgan fingerprint density at radius 1 is 1.33 bits per heavy atom. The maximum atomic E-state index is 4.14. The summed E-state index contributed by atoms with van der Waals surface area (Å²) in [6, 6.07) is 8.44. The largest absolute Gasteiger partial charge is 0.136 e. The molecule has 0 fully saturated rings. The molecule has 1 aromatic heterocycles. The molecule has 0 aliphatic rings. The molecule has 0 aliphatic heterocycles. The molecule has 0 aliphatic carbocycles. The molecule has 0 nitrogen and oxygen atoms in total. The molecule has 0 amide bonds. The number of hydrogen-bond donors (Lipinski definition) is 0. The molecule has 1 heteroatoms. The van der Waals surface area contributed by atoms with Crippen molar-refractivity contribution in [2.24, 2.45) is 0 Å². The van der Waals surface area contributed by atoms with Gasteiger partial charge in [-0.1, -0.05) is 43.0 Å². The maximum absolute atomic E-state index is 4.14. The Morgan fingerprint density at radius 3 is 2.87 bits per heavy atom. The molecule has 2 aromatic rings. The van der Waals surface area contributed by atoms with Gasteiger partial charge in [-0.2, -0.15) is 0 Å². The molecule has 0 saturated carbocycles. The van der Waals surface area contributed by atoms with Gasteiger partial charge in [0.25, 0.3) is 0 Å². The fourth-order valence-corrected chi connectivity index (χ4v) is 2.69. The van der Waals surface area contributed by atoms with Crippen LogP contribution in [0.15, 0.2) is 36.4 Å². The minimum atomic E-state index is 0.992. The minimum absolute atomic E-state index is 0.992. The fraction of sp³-hybridized carbons (Fsp3) is 0.143. The molecule has 0 saturated heterocycles. The third-order valence-corrected chi connectivity index (χ3v) is 3.61. The van der Waals surface area contributed by atoms with Crippen LogP contribution in [0.4, 0.5) is 0 Å². The Labute approximate surface area is 93.9 Å². The Balaban J connectivity index is 2.58. The van der Waals surface area contributed by atoms with Crippen molar-refractivity contribution in [2.45, 2.75) is 13.3 Å². The predicted octanol–water partition coefficient (Wildman–Crippen LogP) is 3.06. The molecule has 0 N–H and O–H groups in total. The summed E-state index contributed by atoms with van der Waals surface area (Å²) in [5, 5.41) is 2.45. The van der Waals surface area contributed by atoms with Crippen molar-refractivity contribution in [1.82, 2.24) is 0 Å². The molecule has 76 valence electrons. The summed E-state index contributed by atoms with van der Waals surface area (Å²) in [5.74, 6) is 0. The van der Waals surface area contributed by atoms with Crippen molar-refractivity contribution >= 4 is 34.1 Å². The number of benzene rings is 1. The number of thiophene rings is 1. The lowest BCUT2D eigenvalue weighted by molar-refractivity contribution is 1.46. The highest BCUT2D eigenvalue weighted by molar-refractivity contribution is 7.17. The fourth-order valence-electron chi connectivity index (χ4n) is 1.59. The average molecular weight is 214 g/mol. The van der Waals surface area contributed by atoms with Crippen molar-refractivity contribution in [3.05, 3.63) is 46.2 Å². The van der Waals surface area contributed by atoms with Crippen LogP contribution in [-0.2, 0) is 0 Å². The van der Waals surface area contributed by atoms with E-state index in [1.165, 1.54) is 19.8 Å². The van der Waals surface area contributed by atoms with Gasteiger partial charge in [0.15, 0.2) is 0 Å². The van der Waals surface area contributed by atoms with Gasteiger partial charge in [0.1, 0.15) is 0 Å². The van der Waals surface area contributed by atoms with E-state index in [0.717, 1.165) is 6.42 Å². The van der Waals surface area contributed by atoms with Crippen LogP contribution in [0.5, 0.6) is 0 Å². The Hall–Kier alpha value is -1.34. The number of rotatable bonds is 2.